The van der Waals surface area contributed by atoms with E-state index >= 15 is 0 Å². The first-order chi connectivity index (χ1) is 10.8. The molecular formula is C21H35NO. The molecule has 130 valence electrons. The Kier molecular flexibility index (Phi) is 3.46. The van der Waals surface area contributed by atoms with Crippen molar-refractivity contribution in [1.29, 1.82) is 0 Å². The highest BCUT2D eigenvalue weighted by molar-refractivity contribution is 5.77. The number of rotatable bonds is 0. The van der Waals surface area contributed by atoms with Crippen LogP contribution in [0.5, 0.6) is 0 Å². The Morgan fingerprint density at radius 2 is 1.78 bits per heavy atom. The lowest BCUT2D eigenvalue weighted by Gasteiger charge is -2.62. The fraction of sp³-hybridized carbons (Fsp3) is 0.952. The molecule has 1 aliphatic heterocycles. The van der Waals surface area contributed by atoms with Crippen molar-refractivity contribution in [1.82, 2.24) is 4.90 Å². The SMILES string of the molecule is C[C@@H]1C[C@H](C)[C@@]2(C)CC[C@H]3[C@@H](CC[C@H]4N(C)C(=O)CC[C@]34C)[C@H]12. The normalized spacial score (nSPS) is 56.0. The summed E-state index contributed by atoms with van der Waals surface area (Å²) in [4.78, 5) is 14.3. The van der Waals surface area contributed by atoms with Gasteiger partial charge in [-0.1, -0.05) is 27.7 Å². The molecule has 4 rings (SSSR count). The molecule has 23 heavy (non-hydrogen) atoms. The quantitative estimate of drug-likeness (QED) is 0.632. The highest BCUT2D eigenvalue weighted by Gasteiger charge is 2.61. The smallest absolute Gasteiger partial charge is 0.222 e. The summed E-state index contributed by atoms with van der Waals surface area (Å²) in [5.41, 5.74) is 0.957. The molecule has 1 amide bonds. The van der Waals surface area contributed by atoms with Gasteiger partial charge in [0.1, 0.15) is 0 Å². The predicted octanol–water partition coefficient (Wildman–Crippen LogP) is 4.73. The molecule has 0 spiro atoms. The van der Waals surface area contributed by atoms with Crippen LogP contribution in [0.3, 0.4) is 0 Å². The summed E-state index contributed by atoms with van der Waals surface area (Å²) in [5.74, 6) is 4.86. The molecule has 0 radical (unpaired) electrons. The molecule has 0 N–H and O–H groups in total. The van der Waals surface area contributed by atoms with Gasteiger partial charge in [0.05, 0.1) is 0 Å². The maximum Gasteiger partial charge on any atom is 0.222 e. The van der Waals surface area contributed by atoms with E-state index in [0.717, 1.165) is 42.4 Å². The second-order valence-corrected chi connectivity index (χ2v) is 10.1. The highest BCUT2D eigenvalue weighted by Crippen LogP contribution is 2.67. The Labute approximate surface area is 142 Å². The maximum atomic E-state index is 12.2. The summed E-state index contributed by atoms with van der Waals surface area (Å²) in [7, 11) is 2.07. The number of hydrogen-bond donors (Lipinski definition) is 0. The molecule has 2 nitrogen and oxygen atoms in total. The van der Waals surface area contributed by atoms with Crippen LogP contribution in [0.15, 0.2) is 0 Å². The van der Waals surface area contributed by atoms with Gasteiger partial charge in [-0.2, -0.15) is 0 Å². The zero-order valence-corrected chi connectivity index (χ0v) is 15.8. The number of carbonyl (C=O) groups excluding carboxylic acids is 1. The number of carbonyl (C=O) groups is 1. The Hall–Kier alpha value is -0.530. The topological polar surface area (TPSA) is 20.3 Å². The molecule has 3 aliphatic carbocycles. The number of amides is 1. The second kappa shape index (κ2) is 4.99. The number of nitrogens with zero attached hydrogens (tertiary/aromatic N) is 1. The lowest BCUT2D eigenvalue weighted by atomic mass is 9.46. The molecule has 0 aromatic carbocycles. The van der Waals surface area contributed by atoms with E-state index in [1.807, 2.05) is 0 Å². The molecular weight excluding hydrogens is 282 g/mol. The monoisotopic (exact) mass is 317 g/mol. The van der Waals surface area contributed by atoms with E-state index < -0.39 is 0 Å². The van der Waals surface area contributed by atoms with Gasteiger partial charge >= 0.3 is 0 Å². The summed E-state index contributed by atoms with van der Waals surface area (Å²) in [6.45, 7) is 10.2. The minimum Gasteiger partial charge on any atom is -0.342 e. The van der Waals surface area contributed by atoms with Crippen LogP contribution in [-0.2, 0) is 4.79 Å². The van der Waals surface area contributed by atoms with Crippen molar-refractivity contribution in [3.8, 4) is 0 Å². The van der Waals surface area contributed by atoms with Crippen molar-refractivity contribution < 1.29 is 4.79 Å². The molecule has 0 aromatic heterocycles. The summed E-state index contributed by atoms with van der Waals surface area (Å²) in [6, 6.07) is 0.503. The first-order valence-electron chi connectivity index (χ1n) is 10.0. The molecule has 2 heteroatoms. The third-order valence-corrected chi connectivity index (χ3v) is 9.32. The van der Waals surface area contributed by atoms with Gasteiger partial charge in [-0.15, -0.1) is 0 Å². The largest absolute Gasteiger partial charge is 0.342 e. The van der Waals surface area contributed by atoms with Gasteiger partial charge < -0.3 is 4.90 Å². The van der Waals surface area contributed by atoms with E-state index in [0.29, 0.717) is 22.8 Å². The van der Waals surface area contributed by atoms with Gasteiger partial charge in [0, 0.05) is 19.5 Å². The van der Waals surface area contributed by atoms with Gasteiger partial charge in [-0.05, 0) is 78.9 Å². The number of piperidine rings is 1. The molecule has 8 atom stereocenters. The molecule has 0 bridgehead atoms. The summed E-state index contributed by atoms with van der Waals surface area (Å²) in [6.07, 6.45) is 8.78. The zero-order valence-electron chi connectivity index (χ0n) is 15.8. The van der Waals surface area contributed by atoms with Crippen molar-refractivity contribution in [3.63, 3.8) is 0 Å². The van der Waals surface area contributed by atoms with Crippen LogP contribution < -0.4 is 0 Å². The van der Waals surface area contributed by atoms with Crippen molar-refractivity contribution in [2.45, 2.75) is 78.7 Å². The van der Waals surface area contributed by atoms with Crippen molar-refractivity contribution >= 4 is 5.91 Å². The fourth-order valence-electron chi connectivity index (χ4n) is 8.05. The van der Waals surface area contributed by atoms with Crippen molar-refractivity contribution in [2.75, 3.05) is 7.05 Å². The Bertz CT molecular complexity index is 516. The van der Waals surface area contributed by atoms with Crippen LogP contribution in [0.1, 0.15) is 72.6 Å². The Morgan fingerprint density at radius 1 is 1.04 bits per heavy atom. The average Bonchev–Trinajstić information content (AvgIpc) is 2.73. The van der Waals surface area contributed by atoms with E-state index in [9.17, 15) is 4.79 Å². The Morgan fingerprint density at radius 3 is 2.52 bits per heavy atom. The summed E-state index contributed by atoms with van der Waals surface area (Å²) in [5, 5.41) is 0. The molecule has 0 unspecified atom stereocenters. The van der Waals surface area contributed by atoms with E-state index in [2.05, 4.69) is 39.6 Å². The standard InChI is InChI=1S/C21H35NO/c1-13-12-14(2)20(3)10-8-16-15(19(13)20)6-7-17-21(16,4)11-9-18(23)22(17)5/h13-17,19H,6-12H2,1-5H3/t13-,14+,15-,16+,17-,19+,20-,21-/m1/s1. The van der Waals surface area contributed by atoms with Gasteiger partial charge in [0.25, 0.3) is 0 Å². The molecule has 1 saturated heterocycles. The van der Waals surface area contributed by atoms with Gasteiger partial charge in [0.2, 0.25) is 5.91 Å². The van der Waals surface area contributed by atoms with Crippen LogP contribution in [-0.4, -0.2) is 23.9 Å². The van der Waals surface area contributed by atoms with Gasteiger partial charge in [0.15, 0.2) is 0 Å². The van der Waals surface area contributed by atoms with Crippen LogP contribution in [0.25, 0.3) is 0 Å². The van der Waals surface area contributed by atoms with E-state index in [1.165, 1.54) is 32.1 Å². The molecule has 4 fully saturated rings. The number of likely N-dealkylation sites (tertiary alicyclic amines) is 1. The molecule has 1 heterocycles. The lowest BCUT2D eigenvalue weighted by Crippen LogP contribution is -2.61. The third kappa shape index (κ3) is 1.96. The zero-order chi connectivity index (χ0) is 16.6. The van der Waals surface area contributed by atoms with Crippen LogP contribution >= 0.6 is 0 Å². The number of fused-ring (bicyclic) bond motifs is 5. The van der Waals surface area contributed by atoms with Crippen molar-refractivity contribution in [2.24, 2.45) is 40.4 Å². The van der Waals surface area contributed by atoms with Crippen LogP contribution in [0.4, 0.5) is 0 Å². The average molecular weight is 318 g/mol. The first-order valence-corrected chi connectivity index (χ1v) is 10.0. The third-order valence-electron chi connectivity index (χ3n) is 9.32. The lowest BCUT2D eigenvalue weighted by molar-refractivity contribution is -0.159. The second-order valence-electron chi connectivity index (χ2n) is 10.1. The Balaban J connectivity index is 1.68. The van der Waals surface area contributed by atoms with E-state index in [-0.39, 0.29) is 0 Å². The summed E-state index contributed by atoms with van der Waals surface area (Å²) < 4.78 is 0. The molecule has 3 saturated carbocycles. The minimum atomic E-state index is 0.373. The minimum absolute atomic E-state index is 0.373. The van der Waals surface area contributed by atoms with E-state index in [4.69, 9.17) is 0 Å². The van der Waals surface area contributed by atoms with Gasteiger partial charge in [-0.25, -0.2) is 0 Å². The van der Waals surface area contributed by atoms with E-state index in [1.54, 1.807) is 0 Å². The van der Waals surface area contributed by atoms with Gasteiger partial charge in [-0.3, -0.25) is 4.79 Å². The maximum absolute atomic E-state index is 12.2. The molecule has 4 aliphatic rings. The summed E-state index contributed by atoms with van der Waals surface area (Å²) >= 11 is 0. The number of hydrogen-bond acceptors (Lipinski definition) is 1. The first kappa shape index (κ1) is 16.0. The predicted molar refractivity (Wildman–Crippen MR) is 93.9 cm³/mol. The van der Waals surface area contributed by atoms with Crippen LogP contribution in [0, 0.1) is 40.4 Å². The van der Waals surface area contributed by atoms with Crippen molar-refractivity contribution in [3.05, 3.63) is 0 Å². The fourth-order valence-corrected chi connectivity index (χ4v) is 8.05. The molecule has 0 aromatic rings. The highest BCUT2D eigenvalue weighted by atomic mass is 16.2. The van der Waals surface area contributed by atoms with Crippen LogP contribution in [0.2, 0.25) is 0 Å².